The van der Waals surface area contributed by atoms with Crippen LogP contribution in [-0.4, -0.2) is 22.9 Å². The molecule has 6 heteroatoms. The van der Waals surface area contributed by atoms with Crippen molar-refractivity contribution in [1.29, 1.82) is 0 Å². The number of aromatic nitrogens is 2. The van der Waals surface area contributed by atoms with E-state index in [4.69, 9.17) is 4.98 Å². The van der Waals surface area contributed by atoms with Crippen LogP contribution < -0.4 is 10.2 Å². The minimum absolute atomic E-state index is 0.252. The molecule has 0 atom stereocenters. The number of pyridine rings is 2. The molecule has 0 aliphatic carbocycles. The second-order valence-corrected chi connectivity index (χ2v) is 7.33. The number of anilines is 2. The molecule has 0 aliphatic rings. The van der Waals surface area contributed by atoms with Gasteiger partial charge in [-0.3, -0.25) is 9.78 Å². The lowest BCUT2D eigenvalue weighted by molar-refractivity contribution is -0.107. The molecule has 0 bridgehead atoms. The van der Waals surface area contributed by atoms with Crippen LogP contribution >= 0.6 is 0 Å². The summed E-state index contributed by atoms with van der Waals surface area (Å²) >= 11 is 0. The van der Waals surface area contributed by atoms with Crippen LogP contribution in [0.5, 0.6) is 0 Å². The molecular weight excluding hydrogens is 403 g/mol. The average molecular weight is 426 g/mol. The molecule has 160 valence electrons. The van der Waals surface area contributed by atoms with Crippen molar-refractivity contribution >= 4 is 17.9 Å². The third-order valence-corrected chi connectivity index (χ3v) is 5.08. The van der Waals surface area contributed by atoms with Crippen LogP contribution in [0.2, 0.25) is 0 Å². The number of carbonyl (C=O) groups is 1. The predicted octanol–water partition coefficient (Wildman–Crippen LogP) is 5.10. The van der Waals surface area contributed by atoms with E-state index in [1.54, 1.807) is 29.4 Å². The van der Waals surface area contributed by atoms with Gasteiger partial charge in [-0.2, -0.15) is 0 Å². The number of carbonyl (C=O) groups excluding carboxylic acids is 1. The fraction of sp³-hybridized carbons (Fsp3) is 0.115. The van der Waals surface area contributed by atoms with E-state index in [2.05, 4.69) is 10.3 Å². The molecule has 0 radical (unpaired) electrons. The molecule has 0 saturated carbocycles. The van der Waals surface area contributed by atoms with Gasteiger partial charge in [-0.05, 0) is 47.9 Å². The normalized spacial score (nSPS) is 10.5. The molecule has 32 heavy (non-hydrogen) atoms. The third-order valence-electron chi connectivity index (χ3n) is 5.08. The van der Waals surface area contributed by atoms with Gasteiger partial charge in [0, 0.05) is 24.5 Å². The summed E-state index contributed by atoms with van der Waals surface area (Å²) in [6.07, 6.45) is 4.94. The fourth-order valence-electron chi connectivity index (χ4n) is 3.43. The molecule has 4 rings (SSSR count). The predicted molar refractivity (Wildman–Crippen MR) is 125 cm³/mol. The van der Waals surface area contributed by atoms with Gasteiger partial charge in [-0.25, -0.2) is 9.37 Å². The van der Waals surface area contributed by atoms with Crippen molar-refractivity contribution in [2.75, 3.05) is 16.8 Å². The number of nitrogens with one attached hydrogen (secondary N) is 1. The highest BCUT2D eigenvalue weighted by molar-refractivity contribution is 5.83. The number of hydrogen-bond donors (Lipinski definition) is 1. The summed E-state index contributed by atoms with van der Waals surface area (Å²) in [6.45, 7) is 0.972. The Morgan fingerprint density at radius 3 is 2.44 bits per heavy atom. The van der Waals surface area contributed by atoms with E-state index >= 15 is 0 Å². The van der Waals surface area contributed by atoms with Crippen molar-refractivity contribution in [1.82, 2.24) is 9.97 Å². The summed E-state index contributed by atoms with van der Waals surface area (Å²) in [5.41, 5.74) is 4.42. The monoisotopic (exact) mass is 426 g/mol. The molecule has 0 spiro atoms. The van der Waals surface area contributed by atoms with Crippen molar-refractivity contribution in [3.63, 3.8) is 0 Å². The van der Waals surface area contributed by atoms with Crippen LogP contribution in [0.15, 0.2) is 91.3 Å². The lowest BCUT2D eigenvalue weighted by Gasteiger charge is -2.21. The Kier molecular flexibility index (Phi) is 6.82. The highest BCUT2D eigenvalue weighted by Crippen LogP contribution is 2.29. The summed E-state index contributed by atoms with van der Waals surface area (Å²) in [5.74, 6) is 0.364. The van der Waals surface area contributed by atoms with Gasteiger partial charge in [0.15, 0.2) is 5.82 Å². The van der Waals surface area contributed by atoms with Gasteiger partial charge in [-0.1, -0.05) is 48.5 Å². The summed E-state index contributed by atoms with van der Waals surface area (Å²) in [5, 5.41) is 3.37. The van der Waals surface area contributed by atoms with Gasteiger partial charge in [-0.15, -0.1) is 0 Å². The zero-order chi connectivity index (χ0) is 22.2. The van der Waals surface area contributed by atoms with Crippen molar-refractivity contribution in [3.8, 4) is 11.3 Å². The van der Waals surface area contributed by atoms with E-state index < -0.39 is 0 Å². The van der Waals surface area contributed by atoms with Gasteiger partial charge in [0.1, 0.15) is 5.82 Å². The summed E-state index contributed by atoms with van der Waals surface area (Å²) in [7, 11) is 0. The molecule has 1 amide bonds. The minimum Gasteiger partial charge on any atom is -0.368 e. The maximum Gasteiger partial charge on any atom is 0.214 e. The Balaban J connectivity index is 1.60. The molecule has 2 heterocycles. The second kappa shape index (κ2) is 10.3. The third kappa shape index (κ3) is 5.35. The van der Waals surface area contributed by atoms with Gasteiger partial charge in [0.25, 0.3) is 0 Å². The smallest absolute Gasteiger partial charge is 0.214 e. The van der Waals surface area contributed by atoms with Gasteiger partial charge in [0.05, 0.1) is 17.9 Å². The fourth-order valence-corrected chi connectivity index (χ4v) is 3.43. The van der Waals surface area contributed by atoms with E-state index in [0.29, 0.717) is 31.0 Å². The van der Waals surface area contributed by atoms with Crippen molar-refractivity contribution in [2.24, 2.45) is 0 Å². The summed E-state index contributed by atoms with van der Waals surface area (Å²) < 4.78 is 13.2. The molecule has 0 fully saturated rings. The molecule has 0 unspecified atom stereocenters. The molecule has 4 aromatic rings. The zero-order valence-electron chi connectivity index (χ0n) is 17.5. The number of hydrogen-bond acceptors (Lipinski definition) is 4. The van der Waals surface area contributed by atoms with E-state index in [1.165, 1.54) is 12.1 Å². The summed E-state index contributed by atoms with van der Waals surface area (Å²) in [6, 6.07) is 23.9. The van der Waals surface area contributed by atoms with Gasteiger partial charge >= 0.3 is 0 Å². The lowest BCUT2D eigenvalue weighted by atomic mass is 10.1. The number of benzene rings is 2. The van der Waals surface area contributed by atoms with Crippen molar-refractivity contribution in [3.05, 3.63) is 108 Å². The number of amides is 1. The van der Waals surface area contributed by atoms with E-state index in [-0.39, 0.29) is 5.82 Å². The standard InChI is InChI=1S/C26H23FN4O/c27-23-10-8-20(9-11-23)14-16-29-26-25(31(19-32)18-21-5-4-15-28-17-21)13-12-24(30-26)22-6-2-1-3-7-22/h1-13,15,17,19H,14,16,18H2,(H,29,30). The first-order valence-corrected chi connectivity index (χ1v) is 10.4. The average Bonchev–Trinajstić information content (AvgIpc) is 2.85. The SMILES string of the molecule is O=CN(Cc1cccnc1)c1ccc(-c2ccccc2)nc1NCCc1ccc(F)cc1. The molecule has 5 nitrogen and oxygen atoms in total. The number of nitrogens with zero attached hydrogens (tertiary/aromatic N) is 3. The largest absolute Gasteiger partial charge is 0.368 e. The van der Waals surface area contributed by atoms with Crippen LogP contribution in [-0.2, 0) is 17.8 Å². The van der Waals surface area contributed by atoms with Gasteiger partial charge in [0.2, 0.25) is 6.41 Å². The minimum atomic E-state index is -0.252. The van der Waals surface area contributed by atoms with Crippen molar-refractivity contribution < 1.29 is 9.18 Å². The number of halogens is 1. The van der Waals surface area contributed by atoms with Crippen LogP contribution in [0.3, 0.4) is 0 Å². The van der Waals surface area contributed by atoms with Crippen LogP contribution in [0.4, 0.5) is 15.9 Å². The summed E-state index contributed by atoms with van der Waals surface area (Å²) in [4.78, 5) is 22.5. The van der Waals surface area contributed by atoms with Gasteiger partial charge < -0.3 is 10.2 Å². The zero-order valence-corrected chi connectivity index (χ0v) is 17.5. The maximum atomic E-state index is 13.2. The molecule has 0 saturated heterocycles. The maximum absolute atomic E-state index is 13.2. The Labute approximate surface area is 186 Å². The first-order valence-electron chi connectivity index (χ1n) is 10.4. The van der Waals surface area contributed by atoms with Crippen LogP contribution in [0.1, 0.15) is 11.1 Å². The Hall–Kier alpha value is -4.06. The highest BCUT2D eigenvalue weighted by atomic mass is 19.1. The first-order chi connectivity index (χ1) is 15.7. The molecule has 2 aromatic carbocycles. The Morgan fingerprint density at radius 1 is 0.906 bits per heavy atom. The number of rotatable bonds is 9. The quantitative estimate of drug-likeness (QED) is 0.378. The Bertz CT molecular complexity index is 1150. The lowest BCUT2D eigenvalue weighted by Crippen LogP contribution is -2.23. The van der Waals surface area contributed by atoms with Crippen molar-refractivity contribution in [2.45, 2.75) is 13.0 Å². The molecule has 2 aromatic heterocycles. The second-order valence-electron chi connectivity index (χ2n) is 7.33. The highest BCUT2D eigenvalue weighted by Gasteiger charge is 2.14. The van der Waals surface area contributed by atoms with E-state index in [9.17, 15) is 9.18 Å². The van der Waals surface area contributed by atoms with Crippen LogP contribution in [0, 0.1) is 5.82 Å². The van der Waals surface area contributed by atoms with E-state index in [0.717, 1.165) is 28.8 Å². The topological polar surface area (TPSA) is 58.1 Å². The molecule has 1 N–H and O–H groups in total. The Morgan fingerprint density at radius 2 is 1.72 bits per heavy atom. The molecule has 0 aliphatic heterocycles. The molecular formula is C26H23FN4O. The van der Waals surface area contributed by atoms with Crippen LogP contribution in [0.25, 0.3) is 11.3 Å². The van der Waals surface area contributed by atoms with E-state index in [1.807, 2.05) is 54.6 Å². The first kappa shape index (κ1) is 21.2.